The van der Waals surface area contributed by atoms with E-state index in [0.717, 1.165) is 21.3 Å². The summed E-state index contributed by atoms with van der Waals surface area (Å²) in [5.41, 5.74) is 4.52. The highest BCUT2D eigenvalue weighted by Gasteiger charge is 2.27. The zero-order valence-corrected chi connectivity index (χ0v) is 14.8. The topological polar surface area (TPSA) is 82.3 Å². The number of nitrogens with zero attached hydrogens (tertiary/aromatic N) is 1. The third-order valence-electron chi connectivity index (χ3n) is 4.03. The fourth-order valence-electron chi connectivity index (χ4n) is 2.73. The van der Waals surface area contributed by atoms with E-state index in [1.165, 1.54) is 20.2 Å². The molecule has 0 spiro atoms. The average Bonchev–Trinajstić information content (AvgIpc) is 2.98. The molecule has 0 saturated carbocycles. The molecule has 3 rings (SSSR count). The van der Waals surface area contributed by atoms with Crippen LogP contribution in [0.3, 0.4) is 0 Å². The molecule has 126 valence electrons. The zero-order chi connectivity index (χ0) is 17.6. The number of sulfonamides is 1. The van der Waals surface area contributed by atoms with E-state index in [1.54, 1.807) is 18.2 Å². The Bertz CT molecular complexity index is 969. The molecule has 2 aromatic rings. The van der Waals surface area contributed by atoms with Crippen molar-refractivity contribution >= 4 is 33.3 Å². The first kappa shape index (κ1) is 16.5. The Kier molecular flexibility index (Phi) is 3.85. The van der Waals surface area contributed by atoms with Crippen LogP contribution >= 0.6 is 0 Å². The van der Waals surface area contributed by atoms with Crippen LogP contribution in [0.5, 0.6) is 0 Å². The van der Waals surface area contributed by atoms with E-state index in [2.05, 4.69) is 10.3 Å². The van der Waals surface area contributed by atoms with Gasteiger partial charge < -0.3 is 10.3 Å². The minimum absolute atomic E-state index is 0.160. The Morgan fingerprint density at radius 2 is 1.83 bits per heavy atom. The average molecular weight is 345 g/mol. The van der Waals surface area contributed by atoms with Gasteiger partial charge in [-0.2, -0.15) is 0 Å². The standard InChI is InChI=1S/C17H19N3O3S/c1-10-7-11(2)18-16(10)9-14-13-8-12(24(22,23)20(3)4)5-6-15(13)19-17(14)21/h5-9,18H,1-4H3,(H,19,21)/b14-9-. The predicted molar refractivity (Wildman–Crippen MR) is 94.1 cm³/mol. The van der Waals surface area contributed by atoms with E-state index < -0.39 is 10.0 Å². The lowest BCUT2D eigenvalue weighted by Crippen LogP contribution is -2.22. The molecule has 0 bridgehead atoms. The van der Waals surface area contributed by atoms with E-state index in [4.69, 9.17) is 0 Å². The molecule has 24 heavy (non-hydrogen) atoms. The van der Waals surface area contributed by atoms with Gasteiger partial charge in [0.2, 0.25) is 10.0 Å². The second kappa shape index (κ2) is 5.61. The molecule has 7 heteroatoms. The van der Waals surface area contributed by atoms with Crippen molar-refractivity contribution in [3.05, 3.63) is 46.8 Å². The van der Waals surface area contributed by atoms with Gasteiger partial charge in [-0.05, 0) is 49.8 Å². The maximum atomic E-state index is 12.3. The van der Waals surface area contributed by atoms with Crippen LogP contribution in [0.1, 0.15) is 22.5 Å². The summed E-state index contributed by atoms with van der Waals surface area (Å²) in [6, 6.07) is 6.66. The monoisotopic (exact) mass is 345 g/mol. The molecule has 0 radical (unpaired) electrons. The number of H-pyrrole nitrogens is 1. The lowest BCUT2D eigenvalue weighted by atomic mass is 10.1. The summed E-state index contributed by atoms with van der Waals surface area (Å²) in [5.74, 6) is -0.240. The maximum Gasteiger partial charge on any atom is 0.256 e. The Hall–Kier alpha value is -2.38. The molecule has 1 aliphatic heterocycles. The van der Waals surface area contributed by atoms with Crippen LogP contribution in [-0.4, -0.2) is 37.7 Å². The van der Waals surface area contributed by atoms with Gasteiger partial charge in [-0.15, -0.1) is 0 Å². The number of fused-ring (bicyclic) bond motifs is 1. The van der Waals surface area contributed by atoms with Gasteiger partial charge in [-0.3, -0.25) is 4.79 Å². The molecular formula is C17H19N3O3S. The normalized spacial score (nSPS) is 15.9. The van der Waals surface area contributed by atoms with Gasteiger partial charge >= 0.3 is 0 Å². The van der Waals surface area contributed by atoms with E-state index in [0.29, 0.717) is 16.8 Å². The first-order valence-corrected chi connectivity index (χ1v) is 8.90. The molecule has 1 amide bonds. The van der Waals surface area contributed by atoms with Gasteiger partial charge in [-0.25, -0.2) is 12.7 Å². The van der Waals surface area contributed by atoms with Crippen molar-refractivity contribution in [3.8, 4) is 0 Å². The SMILES string of the molecule is Cc1cc(C)c(/C=C2\C(=O)Nc3ccc(S(=O)(=O)N(C)C)cc32)[nH]1. The summed E-state index contributed by atoms with van der Waals surface area (Å²) in [7, 11) is -0.597. The van der Waals surface area contributed by atoms with Crippen molar-refractivity contribution in [2.75, 3.05) is 19.4 Å². The van der Waals surface area contributed by atoms with E-state index in [-0.39, 0.29) is 10.8 Å². The number of carbonyl (C=O) groups is 1. The number of aryl methyl sites for hydroxylation is 2. The van der Waals surface area contributed by atoms with Crippen LogP contribution in [0.4, 0.5) is 5.69 Å². The molecular weight excluding hydrogens is 326 g/mol. The number of hydrogen-bond acceptors (Lipinski definition) is 3. The smallest absolute Gasteiger partial charge is 0.256 e. The molecule has 0 unspecified atom stereocenters. The lowest BCUT2D eigenvalue weighted by Gasteiger charge is -2.12. The fourth-order valence-corrected chi connectivity index (χ4v) is 3.65. The fraction of sp³-hybridized carbons (Fsp3) is 0.235. The number of anilines is 1. The quantitative estimate of drug-likeness (QED) is 0.838. The summed E-state index contributed by atoms with van der Waals surface area (Å²) in [4.78, 5) is 15.7. The Balaban J connectivity index is 2.14. The highest BCUT2D eigenvalue weighted by atomic mass is 32.2. The van der Waals surface area contributed by atoms with Crippen LogP contribution in [0, 0.1) is 13.8 Å². The summed E-state index contributed by atoms with van der Waals surface area (Å²) in [5, 5.41) is 2.77. The number of benzene rings is 1. The first-order valence-electron chi connectivity index (χ1n) is 7.46. The minimum Gasteiger partial charge on any atom is -0.359 e. The predicted octanol–water partition coefficient (Wildman–Crippen LogP) is 2.37. The third kappa shape index (κ3) is 2.65. The molecule has 0 fully saturated rings. The largest absolute Gasteiger partial charge is 0.359 e. The number of carbonyl (C=O) groups excluding carboxylic acids is 1. The second-order valence-corrected chi connectivity index (χ2v) is 8.21. The van der Waals surface area contributed by atoms with E-state index in [1.807, 2.05) is 19.9 Å². The number of aromatic nitrogens is 1. The number of amides is 1. The molecule has 2 N–H and O–H groups in total. The Morgan fingerprint density at radius 3 is 2.42 bits per heavy atom. The van der Waals surface area contributed by atoms with Gasteiger partial charge in [0.05, 0.1) is 10.5 Å². The molecule has 0 aliphatic carbocycles. The van der Waals surface area contributed by atoms with Gasteiger partial charge in [0.15, 0.2) is 0 Å². The van der Waals surface area contributed by atoms with Crippen LogP contribution in [0.15, 0.2) is 29.2 Å². The van der Waals surface area contributed by atoms with Crippen LogP contribution in [-0.2, 0) is 14.8 Å². The van der Waals surface area contributed by atoms with Crippen molar-refractivity contribution < 1.29 is 13.2 Å². The zero-order valence-electron chi connectivity index (χ0n) is 14.0. The van der Waals surface area contributed by atoms with Crippen molar-refractivity contribution in [2.45, 2.75) is 18.7 Å². The number of nitrogens with one attached hydrogen (secondary N) is 2. The van der Waals surface area contributed by atoms with Crippen LogP contribution < -0.4 is 5.32 Å². The third-order valence-corrected chi connectivity index (χ3v) is 5.84. The van der Waals surface area contributed by atoms with Crippen molar-refractivity contribution in [2.24, 2.45) is 0 Å². The Morgan fingerprint density at radius 1 is 1.12 bits per heavy atom. The lowest BCUT2D eigenvalue weighted by molar-refractivity contribution is -0.110. The van der Waals surface area contributed by atoms with Crippen LogP contribution in [0.25, 0.3) is 11.6 Å². The van der Waals surface area contributed by atoms with Crippen molar-refractivity contribution in [1.82, 2.24) is 9.29 Å². The van der Waals surface area contributed by atoms with E-state index >= 15 is 0 Å². The van der Waals surface area contributed by atoms with Gasteiger partial charge in [0, 0.05) is 36.7 Å². The molecule has 0 saturated heterocycles. The van der Waals surface area contributed by atoms with Gasteiger partial charge in [0.25, 0.3) is 5.91 Å². The Labute approximate surface area is 141 Å². The first-order chi connectivity index (χ1) is 11.2. The molecule has 2 heterocycles. The molecule has 1 aromatic heterocycles. The summed E-state index contributed by atoms with van der Waals surface area (Å²) < 4.78 is 25.8. The van der Waals surface area contributed by atoms with Gasteiger partial charge in [-0.1, -0.05) is 0 Å². The van der Waals surface area contributed by atoms with E-state index in [9.17, 15) is 13.2 Å². The molecule has 6 nitrogen and oxygen atoms in total. The summed E-state index contributed by atoms with van der Waals surface area (Å²) in [6.07, 6.45) is 1.76. The molecule has 1 aliphatic rings. The van der Waals surface area contributed by atoms with Gasteiger partial charge in [0.1, 0.15) is 0 Å². The summed E-state index contributed by atoms with van der Waals surface area (Å²) in [6.45, 7) is 3.90. The van der Waals surface area contributed by atoms with Crippen molar-refractivity contribution in [3.63, 3.8) is 0 Å². The molecule has 1 aromatic carbocycles. The number of hydrogen-bond donors (Lipinski definition) is 2. The highest BCUT2D eigenvalue weighted by molar-refractivity contribution is 7.89. The number of aromatic amines is 1. The second-order valence-electron chi connectivity index (χ2n) is 6.06. The maximum absolute atomic E-state index is 12.3. The number of rotatable bonds is 3. The van der Waals surface area contributed by atoms with Crippen LogP contribution in [0.2, 0.25) is 0 Å². The van der Waals surface area contributed by atoms with Crippen molar-refractivity contribution in [1.29, 1.82) is 0 Å². The minimum atomic E-state index is -3.56. The molecule has 0 atom stereocenters. The summed E-state index contributed by atoms with van der Waals surface area (Å²) >= 11 is 0. The highest BCUT2D eigenvalue weighted by Crippen LogP contribution is 2.35.